The number of H-pyrrole nitrogens is 1. The molecule has 6 nitrogen and oxygen atoms in total. The van der Waals surface area contributed by atoms with Crippen LogP contribution in [0.5, 0.6) is 0 Å². The molecule has 0 fully saturated rings. The fourth-order valence-electron chi connectivity index (χ4n) is 1.59. The summed E-state index contributed by atoms with van der Waals surface area (Å²) in [6.45, 7) is 1.74. The highest BCUT2D eigenvalue weighted by molar-refractivity contribution is 7.13. The quantitative estimate of drug-likeness (QED) is 0.779. The first-order valence-corrected chi connectivity index (χ1v) is 6.94. The summed E-state index contributed by atoms with van der Waals surface area (Å²) in [6.07, 6.45) is 0.976. The third kappa shape index (κ3) is 3.87. The second-order valence-corrected chi connectivity index (χ2v) is 5.36. The van der Waals surface area contributed by atoms with E-state index in [-0.39, 0.29) is 5.56 Å². The molecule has 0 radical (unpaired) electrons. The van der Waals surface area contributed by atoms with Crippen LogP contribution in [-0.4, -0.2) is 47.3 Å². The molecule has 2 N–H and O–H groups in total. The molecular formula is C12H17N5OS. The minimum atomic E-state index is -0.215. The van der Waals surface area contributed by atoms with Gasteiger partial charge in [-0.3, -0.25) is 9.78 Å². The van der Waals surface area contributed by atoms with Gasteiger partial charge in [-0.05, 0) is 38.5 Å². The first-order chi connectivity index (χ1) is 9.16. The lowest BCUT2D eigenvalue weighted by molar-refractivity contribution is 0.405. The maximum atomic E-state index is 11.9. The van der Waals surface area contributed by atoms with Gasteiger partial charge in [-0.15, -0.1) is 21.5 Å². The molecule has 0 atom stereocenters. The molecule has 7 heteroatoms. The van der Waals surface area contributed by atoms with Gasteiger partial charge in [0.05, 0.1) is 4.88 Å². The van der Waals surface area contributed by atoms with E-state index >= 15 is 0 Å². The highest BCUT2D eigenvalue weighted by atomic mass is 32.1. The summed E-state index contributed by atoms with van der Waals surface area (Å²) in [4.78, 5) is 17.5. The van der Waals surface area contributed by atoms with Crippen molar-refractivity contribution in [2.45, 2.75) is 6.42 Å². The normalized spacial score (nSPS) is 10.9. The average molecular weight is 279 g/mol. The maximum Gasteiger partial charge on any atom is 0.279 e. The van der Waals surface area contributed by atoms with Crippen LogP contribution in [0.2, 0.25) is 0 Å². The van der Waals surface area contributed by atoms with E-state index in [9.17, 15) is 4.79 Å². The molecule has 0 aliphatic rings. The fraction of sp³-hybridized carbons (Fsp3) is 0.417. The van der Waals surface area contributed by atoms with E-state index in [1.165, 1.54) is 11.3 Å². The van der Waals surface area contributed by atoms with E-state index in [2.05, 4.69) is 25.4 Å². The number of anilines is 1. The lowest BCUT2D eigenvalue weighted by atomic mass is 10.4. The Hall–Kier alpha value is -1.73. The Morgan fingerprint density at radius 3 is 2.89 bits per heavy atom. The largest absolute Gasteiger partial charge is 0.354 e. The molecule has 0 bridgehead atoms. The number of nitrogens with one attached hydrogen (secondary N) is 2. The standard InChI is InChI=1S/C12H17N5OS/c1-17(2)7-4-6-13-12-14-11(18)10(15-16-12)9-5-3-8-19-9/h3,5,8H,4,6-7H2,1-2H3,(H2,13,14,16,18). The third-order valence-electron chi connectivity index (χ3n) is 2.53. The lowest BCUT2D eigenvalue weighted by Gasteiger charge is -2.09. The van der Waals surface area contributed by atoms with E-state index in [0.717, 1.165) is 24.4 Å². The molecule has 0 saturated heterocycles. The van der Waals surface area contributed by atoms with Gasteiger partial charge in [-0.1, -0.05) is 6.07 Å². The zero-order chi connectivity index (χ0) is 13.7. The van der Waals surface area contributed by atoms with Gasteiger partial charge in [0, 0.05) is 6.54 Å². The van der Waals surface area contributed by atoms with E-state index in [0.29, 0.717) is 11.6 Å². The van der Waals surface area contributed by atoms with Crippen molar-refractivity contribution in [3.8, 4) is 10.6 Å². The predicted octanol–water partition coefficient (Wildman–Crippen LogP) is 1.26. The number of hydrogen-bond acceptors (Lipinski definition) is 6. The van der Waals surface area contributed by atoms with Crippen LogP contribution in [0.4, 0.5) is 5.95 Å². The van der Waals surface area contributed by atoms with Crippen molar-refractivity contribution >= 4 is 17.3 Å². The van der Waals surface area contributed by atoms with Crippen molar-refractivity contribution in [2.75, 3.05) is 32.5 Å². The van der Waals surface area contributed by atoms with Crippen LogP contribution in [0.3, 0.4) is 0 Å². The average Bonchev–Trinajstić information content (AvgIpc) is 2.88. The van der Waals surface area contributed by atoms with E-state index in [1.807, 2.05) is 31.6 Å². The number of aromatic nitrogens is 3. The second kappa shape index (κ2) is 6.44. The smallest absolute Gasteiger partial charge is 0.279 e. The van der Waals surface area contributed by atoms with Crippen molar-refractivity contribution in [3.05, 3.63) is 27.9 Å². The summed E-state index contributed by atoms with van der Waals surface area (Å²) in [5.74, 6) is 0.420. The highest BCUT2D eigenvalue weighted by Gasteiger charge is 2.07. The Kier molecular flexibility index (Phi) is 4.64. The topological polar surface area (TPSA) is 73.9 Å². The van der Waals surface area contributed by atoms with Gasteiger partial charge in [-0.2, -0.15) is 0 Å². The Labute approximate surface area is 115 Å². The first-order valence-electron chi connectivity index (χ1n) is 6.06. The molecule has 102 valence electrons. The summed E-state index contributed by atoms with van der Waals surface area (Å²) in [5.41, 5.74) is 0.154. The van der Waals surface area contributed by atoms with Crippen molar-refractivity contribution in [2.24, 2.45) is 0 Å². The van der Waals surface area contributed by atoms with Gasteiger partial charge in [0.1, 0.15) is 0 Å². The van der Waals surface area contributed by atoms with Crippen molar-refractivity contribution in [1.82, 2.24) is 20.1 Å². The Morgan fingerprint density at radius 2 is 2.26 bits per heavy atom. The number of aromatic amines is 1. The second-order valence-electron chi connectivity index (χ2n) is 4.41. The van der Waals surface area contributed by atoms with E-state index in [1.54, 1.807) is 0 Å². The maximum absolute atomic E-state index is 11.9. The minimum Gasteiger partial charge on any atom is -0.354 e. The predicted molar refractivity (Wildman–Crippen MR) is 77.6 cm³/mol. The molecule has 19 heavy (non-hydrogen) atoms. The van der Waals surface area contributed by atoms with Gasteiger partial charge in [0.15, 0.2) is 5.69 Å². The lowest BCUT2D eigenvalue weighted by Crippen LogP contribution is -2.20. The van der Waals surface area contributed by atoms with Crippen LogP contribution < -0.4 is 10.9 Å². The third-order valence-corrected chi connectivity index (χ3v) is 3.40. The molecule has 0 aromatic carbocycles. The molecule has 0 saturated carbocycles. The summed E-state index contributed by atoms with van der Waals surface area (Å²) < 4.78 is 0. The van der Waals surface area contributed by atoms with Crippen LogP contribution in [0.1, 0.15) is 6.42 Å². The van der Waals surface area contributed by atoms with Crippen LogP contribution in [0, 0.1) is 0 Å². The van der Waals surface area contributed by atoms with Gasteiger partial charge < -0.3 is 10.2 Å². The number of nitrogens with zero attached hydrogens (tertiary/aromatic N) is 3. The summed E-state index contributed by atoms with van der Waals surface area (Å²) in [7, 11) is 4.05. The van der Waals surface area contributed by atoms with Crippen LogP contribution in [0.15, 0.2) is 22.3 Å². The molecule has 2 aromatic rings. The summed E-state index contributed by atoms with van der Waals surface area (Å²) in [6, 6.07) is 3.74. The zero-order valence-corrected chi connectivity index (χ0v) is 11.8. The van der Waals surface area contributed by atoms with Crippen molar-refractivity contribution in [1.29, 1.82) is 0 Å². The SMILES string of the molecule is CN(C)CCCNc1nnc(-c2cccs2)c(=O)[nH]1. The zero-order valence-electron chi connectivity index (χ0n) is 11.0. The van der Waals surface area contributed by atoms with Gasteiger partial charge >= 0.3 is 0 Å². The van der Waals surface area contributed by atoms with Gasteiger partial charge in [-0.25, -0.2) is 0 Å². The first kappa shape index (κ1) is 13.7. The Morgan fingerprint density at radius 1 is 1.42 bits per heavy atom. The fourth-order valence-corrected chi connectivity index (χ4v) is 2.30. The Balaban J connectivity index is 1.98. The summed E-state index contributed by atoms with van der Waals surface area (Å²) in [5, 5.41) is 12.9. The van der Waals surface area contributed by atoms with Crippen LogP contribution >= 0.6 is 11.3 Å². The summed E-state index contributed by atoms with van der Waals surface area (Å²) >= 11 is 1.47. The Bertz CT molecular complexity index is 564. The van der Waals surface area contributed by atoms with Crippen LogP contribution in [0.25, 0.3) is 10.6 Å². The molecular weight excluding hydrogens is 262 g/mol. The monoisotopic (exact) mass is 279 g/mol. The molecule has 0 amide bonds. The van der Waals surface area contributed by atoms with Crippen LogP contribution in [-0.2, 0) is 0 Å². The molecule has 0 aliphatic carbocycles. The number of rotatable bonds is 6. The number of thiophene rings is 1. The van der Waals surface area contributed by atoms with E-state index < -0.39 is 0 Å². The van der Waals surface area contributed by atoms with Gasteiger partial charge in [0.25, 0.3) is 5.56 Å². The van der Waals surface area contributed by atoms with Crippen molar-refractivity contribution in [3.63, 3.8) is 0 Å². The molecule has 2 heterocycles. The number of hydrogen-bond donors (Lipinski definition) is 2. The molecule has 2 aromatic heterocycles. The molecule has 0 unspecified atom stereocenters. The molecule has 0 spiro atoms. The van der Waals surface area contributed by atoms with Gasteiger partial charge in [0.2, 0.25) is 5.95 Å². The van der Waals surface area contributed by atoms with Crippen molar-refractivity contribution < 1.29 is 0 Å². The highest BCUT2D eigenvalue weighted by Crippen LogP contribution is 2.18. The molecule has 0 aliphatic heterocycles. The minimum absolute atomic E-state index is 0.215. The van der Waals surface area contributed by atoms with E-state index in [4.69, 9.17) is 0 Å². The molecule has 2 rings (SSSR count).